The summed E-state index contributed by atoms with van der Waals surface area (Å²) in [5.41, 5.74) is 4.95. The van der Waals surface area contributed by atoms with Crippen LogP contribution >= 0.6 is 11.8 Å². The number of aromatic nitrogens is 4. The highest BCUT2D eigenvalue weighted by Gasteiger charge is 2.11. The third-order valence-corrected chi connectivity index (χ3v) is 5.13. The summed E-state index contributed by atoms with van der Waals surface area (Å²) in [4.78, 5) is 21.0. The van der Waals surface area contributed by atoms with Crippen LogP contribution < -0.4 is 5.56 Å². The van der Waals surface area contributed by atoms with Gasteiger partial charge in [0.1, 0.15) is 0 Å². The van der Waals surface area contributed by atoms with Gasteiger partial charge in [-0.05, 0) is 19.4 Å². The Balaban J connectivity index is 1.73. The van der Waals surface area contributed by atoms with E-state index in [0.717, 1.165) is 11.3 Å². The first-order chi connectivity index (χ1) is 12.6. The first-order valence-corrected chi connectivity index (χ1v) is 9.32. The predicted molar refractivity (Wildman–Crippen MR) is 105 cm³/mol. The van der Waals surface area contributed by atoms with Gasteiger partial charge < -0.3 is 0 Å². The number of aryl methyl sites for hydroxylation is 2. The number of benzene rings is 2. The largest absolute Gasteiger partial charge is 0.268 e. The monoisotopic (exact) mass is 362 g/mol. The van der Waals surface area contributed by atoms with Crippen LogP contribution in [0.4, 0.5) is 0 Å². The van der Waals surface area contributed by atoms with Gasteiger partial charge in [-0.1, -0.05) is 71.4 Å². The molecule has 0 radical (unpaired) electrons. The van der Waals surface area contributed by atoms with Gasteiger partial charge in [0, 0.05) is 17.4 Å². The van der Waals surface area contributed by atoms with E-state index in [0.29, 0.717) is 16.6 Å². The van der Waals surface area contributed by atoms with E-state index >= 15 is 0 Å². The molecule has 0 saturated heterocycles. The molecule has 5 nitrogen and oxygen atoms in total. The van der Waals surface area contributed by atoms with Gasteiger partial charge in [-0.15, -0.1) is 0 Å². The van der Waals surface area contributed by atoms with Gasteiger partial charge in [0.05, 0.1) is 0 Å². The molecule has 130 valence electrons. The fourth-order valence-corrected chi connectivity index (χ4v) is 3.55. The Labute approximate surface area is 155 Å². The van der Waals surface area contributed by atoms with Gasteiger partial charge in [0.15, 0.2) is 16.6 Å². The molecule has 0 amide bonds. The number of hydrogen-bond donors (Lipinski definition) is 1. The number of hydrogen-bond acceptors (Lipinski definition) is 4. The van der Waals surface area contributed by atoms with Crippen LogP contribution in [0.1, 0.15) is 16.7 Å². The van der Waals surface area contributed by atoms with Crippen LogP contribution in [0.5, 0.6) is 0 Å². The number of thioether (sulfide) groups is 1. The Morgan fingerprint density at radius 2 is 1.62 bits per heavy atom. The fraction of sp³-hybridized carbons (Fsp3) is 0.150. The highest BCUT2D eigenvalue weighted by Crippen LogP contribution is 2.24. The van der Waals surface area contributed by atoms with Crippen molar-refractivity contribution in [3.05, 3.63) is 81.6 Å². The normalized spacial score (nSPS) is 11.2. The zero-order valence-corrected chi connectivity index (χ0v) is 15.4. The minimum atomic E-state index is -0.183. The summed E-state index contributed by atoms with van der Waals surface area (Å²) in [6, 6.07) is 18.0. The number of nitrogens with zero attached hydrogens (tertiary/aromatic N) is 3. The van der Waals surface area contributed by atoms with Gasteiger partial charge in [-0.3, -0.25) is 9.89 Å². The zero-order chi connectivity index (χ0) is 18.1. The van der Waals surface area contributed by atoms with Crippen LogP contribution in [-0.2, 0) is 5.75 Å². The lowest BCUT2D eigenvalue weighted by molar-refractivity contribution is 0.766. The summed E-state index contributed by atoms with van der Waals surface area (Å²) < 4.78 is 1.65. The van der Waals surface area contributed by atoms with Crippen LogP contribution in [0.2, 0.25) is 0 Å². The van der Waals surface area contributed by atoms with E-state index in [-0.39, 0.29) is 5.56 Å². The van der Waals surface area contributed by atoms with Crippen LogP contribution in [0, 0.1) is 13.8 Å². The van der Waals surface area contributed by atoms with E-state index < -0.39 is 0 Å². The Bertz CT molecular complexity index is 1110. The second-order valence-electron chi connectivity index (χ2n) is 6.28. The molecule has 26 heavy (non-hydrogen) atoms. The molecule has 2 aromatic carbocycles. The first kappa shape index (κ1) is 16.6. The molecule has 0 saturated carbocycles. The van der Waals surface area contributed by atoms with Crippen LogP contribution in [0.25, 0.3) is 17.0 Å². The quantitative estimate of drug-likeness (QED) is 0.558. The van der Waals surface area contributed by atoms with Crippen molar-refractivity contribution in [3.8, 4) is 11.4 Å². The second kappa shape index (κ2) is 6.80. The van der Waals surface area contributed by atoms with Crippen molar-refractivity contribution in [2.45, 2.75) is 24.8 Å². The van der Waals surface area contributed by atoms with E-state index in [1.165, 1.54) is 22.8 Å². The van der Waals surface area contributed by atoms with Crippen LogP contribution in [0.15, 0.2) is 64.5 Å². The van der Waals surface area contributed by atoms with Gasteiger partial charge in [0.2, 0.25) is 0 Å². The minimum absolute atomic E-state index is 0.183. The molecule has 0 aliphatic carbocycles. The van der Waals surface area contributed by atoms with Crippen LogP contribution in [-0.4, -0.2) is 19.6 Å². The van der Waals surface area contributed by atoms with Crippen molar-refractivity contribution in [3.63, 3.8) is 0 Å². The van der Waals surface area contributed by atoms with Crippen molar-refractivity contribution in [1.82, 2.24) is 19.6 Å². The molecule has 0 atom stereocenters. The molecule has 0 spiro atoms. The molecule has 0 bridgehead atoms. The highest BCUT2D eigenvalue weighted by atomic mass is 32.2. The smallest absolute Gasteiger partial charge is 0.266 e. The molecule has 2 heterocycles. The number of rotatable bonds is 4. The standard InChI is InChI=1S/C20H18N4OS/c1-13-3-7-15(8-4-13)12-26-20-22-19(16-9-5-14(2)6-10-16)21-17-11-18(25)23-24(17)20/h3-11H,12H2,1-2H3,(H,23,25). The topological polar surface area (TPSA) is 63.0 Å². The van der Waals surface area contributed by atoms with Crippen molar-refractivity contribution in [2.75, 3.05) is 0 Å². The maximum absolute atomic E-state index is 11.8. The molecule has 0 aliphatic rings. The average molecular weight is 362 g/mol. The van der Waals surface area contributed by atoms with Gasteiger partial charge in [-0.25, -0.2) is 14.5 Å². The van der Waals surface area contributed by atoms with Gasteiger partial charge in [-0.2, -0.15) is 0 Å². The molecule has 1 N–H and O–H groups in total. The molecular formula is C20H18N4OS. The maximum atomic E-state index is 11.8. The molecule has 4 aromatic rings. The molecule has 0 aliphatic heterocycles. The first-order valence-electron chi connectivity index (χ1n) is 8.34. The van der Waals surface area contributed by atoms with E-state index in [1.807, 2.05) is 31.2 Å². The Morgan fingerprint density at radius 1 is 0.962 bits per heavy atom. The van der Waals surface area contributed by atoms with E-state index in [4.69, 9.17) is 4.98 Å². The maximum Gasteiger partial charge on any atom is 0.266 e. The summed E-state index contributed by atoms with van der Waals surface area (Å²) in [7, 11) is 0. The summed E-state index contributed by atoms with van der Waals surface area (Å²) in [5, 5.41) is 3.49. The summed E-state index contributed by atoms with van der Waals surface area (Å²) >= 11 is 1.58. The molecule has 0 unspecified atom stereocenters. The van der Waals surface area contributed by atoms with Gasteiger partial charge in [0.25, 0.3) is 5.56 Å². The van der Waals surface area contributed by atoms with Crippen LogP contribution in [0.3, 0.4) is 0 Å². The lowest BCUT2D eigenvalue weighted by Gasteiger charge is -2.08. The number of aromatic amines is 1. The van der Waals surface area contributed by atoms with Crippen molar-refractivity contribution < 1.29 is 0 Å². The molecule has 0 fully saturated rings. The third-order valence-electron chi connectivity index (χ3n) is 4.12. The van der Waals surface area contributed by atoms with E-state index in [2.05, 4.69) is 41.3 Å². The van der Waals surface area contributed by atoms with Crippen molar-refractivity contribution in [2.24, 2.45) is 0 Å². The van der Waals surface area contributed by atoms with Gasteiger partial charge >= 0.3 is 0 Å². The molecular weight excluding hydrogens is 344 g/mol. The highest BCUT2D eigenvalue weighted by molar-refractivity contribution is 7.98. The summed E-state index contributed by atoms with van der Waals surface area (Å²) in [6.45, 7) is 4.12. The SMILES string of the molecule is Cc1ccc(CSc2nc(-c3ccc(C)cc3)nc3cc(=O)[nH]n23)cc1. The molecule has 4 rings (SSSR count). The Morgan fingerprint density at radius 3 is 2.31 bits per heavy atom. The third kappa shape index (κ3) is 3.41. The van der Waals surface area contributed by atoms with E-state index in [9.17, 15) is 4.79 Å². The molecule has 6 heteroatoms. The Kier molecular flexibility index (Phi) is 4.34. The number of nitrogens with one attached hydrogen (secondary N) is 1. The fourth-order valence-electron chi connectivity index (χ4n) is 2.64. The predicted octanol–water partition coefficient (Wildman–Crippen LogP) is 3.99. The lowest BCUT2D eigenvalue weighted by atomic mass is 10.1. The lowest BCUT2D eigenvalue weighted by Crippen LogP contribution is -2.04. The van der Waals surface area contributed by atoms with Crippen molar-refractivity contribution >= 4 is 17.4 Å². The number of fused-ring (bicyclic) bond motifs is 1. The number of H-pyrrole nitrogens is 1. The van der Waals surface area contributed by atoms with Crippen molar-refractivity contribution in [1.29, 1.82) is 0 Å². The second-order valence-corrected chi connectivity index (χ2v) is 7.23. The summed E-state index contributed by atoms with van der Waals surface area (Å²) in [5.74, 6) is 1.38. The summed E-state index contributed by atoms with van der Waals surface area (Å²) in [6.07, 6.45) is 0. The van der Waals surface area contributed by atoms with E-state index in [1.54, 1.807) is 16.3 Å². The molecule has 2 aromatic heterocycles. The average Bonchev–Trinajstić information content (AvgIpc) is 3.02. The minimum Gasteiger partial charge on any atom is -0.268 e. The zero-order valence-electron chi connectivity index (χ0n) is 14.6. The Hall–Kier alpha value is -2.86.